The van der Waals surface area contributed by atoms with Crippen LogP contribution in [0.5, 0.6) is 5.75 Å². The zero-order valence-electron chi connectivity index (χ0n) is 23.1. The Kier molecular flexibility index (Phi) is 10.5. The highest BCUT2D eigenvalue weighted by molar-refractivity contribution is 7.92. The fourth-order valence-corrected chi connectivity index (χ4v) is 5.97. The topological polar surface area (TPSA) is 96.0 Å². The molecule has 0 saturated carbocycles. The van der Waals surface area contributed by atoms with Crippen LogP contribution in [0, 0.1) is 13.8 Å². The van der Waals surface area contributed by atoms with E-state index in [1.807, 2.05) is 13.8 Å². The van der Waals surface area contributed by atoms with Crippen molar-refractivity contribution in [1.29, 1.82) is 0 Å². The summed E-state index contributed by atoms with van der Waals surface area (Å²) in [7, 11) is -2.80. The molecule has 3 aromatic rings. The summed E-state index contributed by atoms with van der Waals surface area (Å²) in [4.78, 5) is 28.2. The Morgan fingerprint density at radius 1 is 0.975 bits per heavy atom. The van der Waals surface area contributed by atoms with Crippen molar-refractivity contribution in [3.63, 3.8) is 0 Å². The molecule has 0 unspecified atom stereocenters. The SMILES string of the molecule is CCNC(=O)[C@@H](C)N(Cc1ccc(Cl)cc1Cl)C(=O)CN(c1cc(C)ccc1OC)S(=O)(=O)c1ccc(C)cc1. The Bertz CT molecular complexity index is 1480. The van der Waals surface area contributed by atoms with Crippen molar-refractivity contribution in [2.75, 3.05) is 24.5 Å². The molecule has 0 aliphatic heterocycles. The lowest BCUT2D eigenvalue weighted by molar-refractivity contribution is -0.139. The maximum Gasteiger partial charge on any atom is 0.264 e. The largest absolute Gasteiger partial charge is 0.495 e. The van der Waals surface area contributed by atoms with Gasteiger partial charge in [0.25, 0.3) is 10.0 Å². The quantitative estimate of drug-likeness (QED) is 0.317. The number of ether oxygens (including phenoxy) is 1. The van der Waals surface area contributed by atoms with Gasteiger partial charge in [-0.3, -0.25) is 13.9 Å². The predicted octanol–water partition coefficient (Wildman–Crippen LogP) is 5.37. The maximum absolute atomic E-state index is 14.0. The van der Waals surface area contributed by atoms with E-state index in [0.717, 1.165) is 15.4 Å². The monoisotopic (exact) mass is 605 g/mol. The van der Waals surface area contributed by atoms with Crippen LogP contribution in [0.25, 0.3) is 0 Å². The molecule has 3 rings (SSSR count). The van der Waals surface area contributed by atoms with Crippen molar-refractivity contribution >= 4 is 50.7 Å². The second-order valence-corrected chi connectivity index (χ2v) is 12.0. The lowest BCUT2D eigenvalue weighted by Crippen LogP contribution is -2.51. The molecule has 0 spiro atoms. The Morgan fingerprint density at radius 2 is 1.62 bits per heavy atom. The first-order chi connectivity index (χ1) is 18.9. The zero-order chi connectivity index (χ0) is 29.6. The summed E-state index contributed by atoms with van der Waals surface area (Å²) >= 11 is 12.5. The van der Waals surface area contributed by atoms with E-state index < -0.39 is 28.5 Å². The van der Waals surface area contributed by atoms with Crippen molar-refractivity contribution < 1.29 is 22.7 Å². The molecule has 0 heterocycles. The van der Waals surface area contributed by atoms with Gasteiger partial charge in [-0.2, -0.15) is 0 Å². The third-order valence-corrected chi connectivity index (χ3v) is 8.73. The summed E-state index contributed by atoms with van der Waals surface area (Å²) in [6.07, 6.45) is 0. The number of methoxy groups -OCH3 is 1. The van der Waals surface area contributed by atoms with Gasteiger partial charge in [0, 0.05) is 23.1 Å². The Balaban J connectivity index is 2.12. The second-order valence-electron chi connectivity index (χ2n) is 9.33. The molecule has 3 aromatic carbocycles. The van der Waals surface area contributed by atoms with E-state index in [9.17, 15) is 18.0 Å². The number of anilines is 1. The number of hydrogen-bond donors (Lipinski definition) is 1. The van der Waals surface area contributed by atoms with Gasteiger partial charge in [-0.1, -0.05) is 53.0 Å². The van der Waals surface area contributed by atoms with Crippen LogP contribution in [-0.2, 0) is 26.2 Å². The van der Waals surface area contributed by atoms with Crippen LogP contribution < -0.4 is 14.4 Å². The Morgan fingerprint density at radius 3 is 2.23 bits per heavy atom. The van der Waals surface area contributed by atoms with Gasteiger partial charge in [0.05, 0.1) is 17.7 Å². The number of benzene rings is 3. The van der Waals surface area contributed by atoms with E-state index in [0.29, 0.717) is 22.2 Å². The second kappa shape index (κ2) is 13.4. The first-order valence-electron chi connectivity index (χ1n) is 12.6. The van der Waals surface area contributed by atoms with Crippen molar-refractivity contribution in [3.05, 3.63) is 87.4 Å². The van der Waals surface area contributed by atoms with Gasteiger partial charge in [0.1, 0.15) is 18.3 Å². The molecule has 11 heteroatoms. The highest BCUT2D eigenvalue weighted by Gasteiger charge is 2.34. The standard InChI is InChI=1S/C29H33Cl2N3O5S/c1-6-32-29(36)21(4)33(17-22-10-11-23(30)16-25(22)31)28(35)18-34(26-15-20(3)9-14-27(26)39-5)40(37,38)24-12-7-19(2)8-13-24/h7-16,21H,6,17-18H2,1-5H3,(H,32,36)/t21-/m1/s1. The lowest BCUT2D eigenvalue weighted by atomic mass is 10.1. The molecule has 1 N–H and O–H groups in total. The fourth-order valence-electron chi connectivity index (χ4n) is 4.08. The molecule has 0 bridgehead atoms. The number of amides is 2. The lowest BCUT2D eigenvalue weighted by Gasteiger charge is -2.32. The minimum absolute atomic E-state index is 0.0125. The van der Waals surface area contributed by atoms with Gasteiger partial charge < -0.3 is 15.0 Å². The van der Waals surface area contributed by atoms with Crippen LogP contribution in [0.15, 0.2) is 65.6 Å². The van der Waals surface area contributed by atoms with Gasteiger partial charge in [-0.15, -0.1) is 0 Å². The van der Waals surface area contributed by atoms with E-state index in [1.165, 1.54) is 24.1 Å². The first-order valence-corrected chi connectivity index (χ1v) is 14.8. The van der Waals surface area contributed by atoms with E-state index in [2.05, 4.69) is 5.32 Å². The molecule has 8 nitrogen and oxygen atoms in total. The summed E-state index contributed by atoms with van der Waals surface area (Å²) in [6.45, 7) is 6.74. The van der Waals surface area contributed by atoms with Crippen molar-refractivity contribution in [2.45, 2.75) is 45.2 Å². The van der Waals surface area contributed by atoms with Gasteiger partial charge in [-0.25, -0.2) is 8.42 Å². The number of hydrogen-bond acceptors (Lipinski definition) is 5. The van der Waals surface area contributed by atoms with E-state index in [1.54, 1.807) is 62.4 Å². The van der Waals surface area contributed by atoms with Crippen LogP contribution in [0.1, 0.15) is 30.5 Å². The number of aryl methyl sites for hydroxylation is 2. The number of carbonyl (C=O) groups excluding carboxylic acids is 2. The van der Waals surface area contributed by atoms with E-state index in [4.69, 9.17) is 27.9 Å². The zero-order valence-corrected chi connectivity index (χ0v) is 25.4. The number of carbonyl (C=O) groups is 2. The summed E-state index contributed by atoms with van der Waals surface area (Å²) in [5.74, 6) is -0.718. The van der Waals surface area contributed by atoms with Gasteiger partial charge in [0.15, 0.2) is 0 Å². The number of nitrogens with one attached hydrogen (secondary N) is 1. The molecule has 0 aromatic heterocycles. The average Bonchev–Trinajstić information content (AvgIpc) is 2.91. The predicted molar refractivity (Wildman–Crippen MR) is 159 cm³/mol. The van der Waals surface area contributed by atoms with Crippen LogP contribution in [0.2, 0.25) is 10.0 Å². The number of sulfonamides is 1. The summed E-state index contributed by atoms with van der Waals surface area (Å²) < 4.78 is 34.6. The summed E-state index contributed by atoms with van der Waals surface area (Å²) in [5, 5.41) is 3.46. The number of nitrogens with zero attached hydrogens (tertiary/aromatic N) is 2. The molecule has 0 fully saturated rings. The first kappa shape index (κ1) is 31.3. The minimum Gasteiger partial charge on any atom is -0.495 e. The normalized spacial score (nSPS) is 12.0. The van der Waals surface area contributed by atoms with E-state index >= 15 is 0 Å². The fraction of sp³-hybridized carbons (Fsp3) is 0.310. The molecule has 40 heavy (non-hydrogen) atoms. The van der Waals surface area contributed by atoms with Gasteiger partial charge in [-0.05, 0) is 75.2 Å². The molecule has 2 amide bonds. The molecule has 0 aliphatic rings. The molecular weight excluding hydrogens is 573 g/mol. The van der Waals surface area contributed by atoms with Crippen molar-refractivity contribution in [1.82, 2.24) is 10.2 Å². The Hall–Kier alpha value is -3.27. The van der Waals surface area contributed by atoms with Crippen molar-refractivity contribution in [3.8, 4) is 5.75 Å². The van der Waals surface area contributed by atoms with Crippen LogP contribution in [-0.4, -0.2) is 51.4 Å². The van der Waals surface area contributed by atoms with Gasteiger partial charge in [0.2, 0.25) is 11.8 Å². The smallest absolute Gasteiger partial charge is 0.264 e. The highest BCUT2D eigenvalue weighted by atomic mass is 35.5. The molecule has 0 saturated heterocycles. The third kappa shape index (κ3) is 7.27. The highest BCUT2D eigenvalue weighted by Crippen LogP contribution is 2.34. The number of halogens is 2. The molecular formula is C29H33Cl2N3O5S. The number of rotatable bonds is 11. The van der Waals surface area contributed by atoms with Crippen LogP contribution >= 0.6 is 23.2 Å². The average molecular weight is 607 g/mol. The van der Waals surface area contributed by atoms with Crippen LogP contribution in [0.4, 0.5) is 5.69 Å². The van der Waals surface area contributed by atoms with Crippen LogP contribution in [0.3, 0.4) is 0 Å². The van der Waals surface area contributed by atoms with Gasteiger partial charge >= 0.3 is 0 Å². The molecule has 0 radical (unpaired) electrons. The molecule has 1 atom stereocenters. The minimum atomic E-state index is -4.23. The summed E-state index contributed by atoms with van der Waals surface area (Å²) in [6, 6.07) is 15.4. The van der Waals surface area contributed by atoms with E-state index in [-0.39, 0.29) is 28.8 Å². The Labute approximate surface area is 245 Å². The molecule has 0 aliphatic carbocycles. The summed E-state index contributed by atoms with van der Waals surface area (Å²) in [5.41, 5.74) is 2.41. The van der Waals surface area contributed by atoms with Crippen molar-refractivity contribution in [2.24, 2.45) is 0 Å². The molecule has 214 valence electrons. The third-order valence-electron chi connectivity index (χ3n) is 6.37. The number of likely N-dealkylation sites (N-methyl/N-ethyl adjacent to an activating group) is 1. The maximum atomic E-state index is 14.0.